The lowest BCUT2D eigenvalue weighted by atomic mass is 9.99. The number of rotatable bonds is 5. The fraction of sp³-hybridized carbons (Fsp3) is 0.174. The van der Waals surface area contributed by atoms with E-state index in [0.29, 0.717) is 21.3 Å². The van der Waals surface area contributed by atoms with Crippen molar-refractivity contribution in [2.24, 2.45) is 0 Å². The maximum atomic E-state index is 11.7. The summed E-state index contributed by atoms with van der Waals surface area (Å²) in [6, 6.07) is 20.2. The van der Waals surface area contributed by atoms with Crippen LogP contribution in [0.3, 0.4) is 0 Å². The predicted octanol–water partition coefficient (Wildman–Crippen LogP) is 5.79. The minimum absolute atomic E-state index is 0.0757. The molecule has 1 aromatic heterocycles. The van der Waals surface area contributed by atoms with Gasteiger partial charge in [0.2, 0.25) is 5.91 Å². The third-order valence-corrected chi connectivity index (χ3v) is 5.34. The van der Waals surface area contributed by atoms with Crippen LogP contribution in [0.2, 0.25) is 0 Å². The Morgan fingerprint density at radius 3 is 2.46 bits per heavy atom. The molecule has 4 nitrogen and oxygen atoms in total. The number of thiazole rings is 1. The minimum atomic E-state index is -0.163. The summed E-state index contributed by atoms with van der Waals surface area (Å²) in [5.41, 5.74) is 4.38. The average molecular weight is 388 g/mol. The van der Waals surface area contributed by atoms with Gasteiger partial charge in [-0.1, -0.05) is 84.5 Å². The molecule has 1 atom stereocenters. The van der Waals surface area contributed by atoms with Crippen molar-refractivity contribution >= 4 is 27.8 Å². The zero-order valence-electron chi connectivity index (χ0n) is 16.1. The van der Waals surface area contributed by atoms with Crippen LogP contribution in [0.15, 0.2) is 60.7 Å². The van der Waals surface area contributed by atoms with Crippen molar-refractivity contribution in [1.29, 1.82) is 5.26 Å². The number of benzene rings is 2. The number of allylic oxidation sites excluding steroid dienone is 2. The van der Waals surface area contributed by atoms with Crippen molar-refractivity contribution in [3.63, 3.8) is 0 Å². The highest BCUT2D eigenvalue weighted by molar-refractivity contribution is 7.17. The summed E-state index contributed by atoms with van der Waals surface area (Å²) in [4.78, 5) is 16.3. The van der Waals surface area contributed by atoms with Gasteiger partial charge in [-0.3, -0.25) is 4.79 Å². The predicted molar refractivity (Wildman–Crippen MR) is 115 cm³/mol. The fourth-order valence-electron chi connectivity index (χ4n) is 2.85. The van der Waals surface area contributed by atoms with Crippen molar-refractivity contribution in [1.82, 2.24) is 4.98 Å². The van der Waals surface area contributed by atoms with Crippen LogP contribution in [0, 0.1) is 18.3 Å². The Hall–Kier alpha value is -3.23. The molecule has 0 fully saturated rings. The van der Waals surface area contributed by atoms with Crippen LogP contribution in [-0.4, -0.2) is 10.9 Å². The van der Waals surface area contributed by atoms with Crippen LogP contribution in [0.1, 0.15) is 35.9 Å². The molecule has 3 aromatic rings. The molecular weight excluding hydrogens is 366 g/mol. The number of nitriles is 1. The smallest absolute Gasteiger partial charge is 0.221 e. The molecule has 0 aliphatic heterocycles. The number of carbonyl (C=O) groups is 1. The summed E-state index contributed by atoms with van der Waals surface area (Å²) in [6.45, 7) is 5.54. The Bertz CT molecular complexity index is 1040. The molecule has 0 aliphatic carbocycles. The van der Waals surface area contributed by atoms with Gasteiger partial charge in [0, 0.05) is 18.4 Å². The average Bonchev–Trinajstić information content (AvgIpc) is 3.10. The van der Waals surface area contributed by atoms with E-state index in [1.165, 1.54) is 18.3 Å². The number of amides is 1. The highest BCUT2D eigenvalue weighted by Gasteiger charge is 2.17. The first-order valence-electron chi connectivity index (χ1n) is 9.00. The quantitative estimate of drug-likeness (QED) is 0.564. The minimum Gasteiger partial charge on any atom is -0.316 e. The Kier molecular flexibility index (Phi) is 6.03. The summed E-state index contributed by atoms with van der Waals surface area (Å²) < 4.78 is 0. The standard InChI is InChI=1S/C23H21N3OS/c1-15-9-11-19(12-10-15)21-23(25-17(3)27)28-22(26-21)20(14-24)13-16(2)18-7-5-4-6-8-18/h4-13,16H,1-3H3,(H,25,27)/b20-13+/t16-/m1/s1. The lowest BCUT2D eigenvalue weighted by Gasteiger charge is -2.06. The molecule has 0 saturated heterocycles. The van der Waals surface area contributed by atoms with Gasteiger partial charge in [-0.15, -0.1) is 0 Å². The third kappa shape index (κ3) is 4.54. The van der Waals surface area contributed by atoms with Crippen LogP contribution >= 0.6 is 11.3 Å². The van der Waals surface area contributed by atoms with Gasteiger partial charge in [0.25, 0.3) is 0 Å². The molecule has 1 N–H and O–H groups in total. The highest BCUT2D eigenvalue weighted by Crippen LogP contribution is 2.37. The zero-order chi connectivity index (χ0) is 20.1. The van der Waals surface area contributed by atoms with Crippen LogP contribution in [0.5, 0.6) is 0 Å². The first kappa shape index (κ1) is 19.5. The Morgan fingerprint density at radius 2 is 1.86 bits per heavy atom. The second-order valence-corrected chi connectivity index (χ2v) is 7.63. The topological polar surface area (TPSA) is 65.8 Å². The van der Waals surface area contributed by atoms with Crippen LogP contribution in [0.25, 0.3) is 16.8 Å². The van der Waals surface area contributed by atoms with E-state index in [4.69, 9.17) is 4.98 Å². The second-order valence-electron chi connectivity index (χ2n) is 6.64. The van der Waals surface area contributed by atoms with E-state index in [0.717, 1.165) is 16.7 Å². The molecule has 28 heavy (non-hydrogen) atoms. The monoisotopic (exact) mass is 387 g/mol. The maximum absolute atomic E-state index is 11.7. The lowest BCUT2D eigenvalue weighted by molar-refractivity contribution is -0.114. The van der Waals surface area contributed by atoms with Crippen molar-refractivity contribution in [3.05, 3.63) is 76.8 Å². The highest BCUT2D eigenvalue weighted by atomic mass is 32.1. The number of nitrogens with zero attached hydrogens (tertiary/aromatic N) is 2. The molecule has 0 bridgehead atoms. The summed E-state index contributed by atoms with van der Waals surface area (Å²) in [5, 5.41) is 13.8. The van der Waals surface area contributed by atoms with Crippen LogP contribution in [-0.2, 0) is 4.79 Å². The van der Waals surface area contributed by atoms with E-state index in [9.17, 15) is 10.1 Å². The molecule has 3 rings (SSSR count). The van der Waals surface area contributed by atoms with Crippen molar-refractivity contribution < 1.29 is 4.79 Å². The summed E-state index contributed by atoms with van der Waals surface area (Å²) >= 11 is 1.32. The van der Waals surface area contributed by atoms with E-state index >= 15 is 0 Å². The van der Waals surface area contributed by atoms with E-state index in [1.54, 1.807) is 0 Å². The summed E-state index contributed by atoms with van der Waals surface area (Å²) in [5.74, 6) is -0.0875. The molecule has 0 saturated carbocycles. The normalized spacial score (nSPS) is 12.3. The van der Waals surface area contributed by atoms with E-state index in [1.807, 2.05) is 67.6 Å². The molecule has 1 amide bonds. The number of nitrogens with one attached hydrogen (secondary N) is 1. The molecule has 5 heteroatoms. The van der Waals surface area contributed by atoms with E-state index in [-0.39, 0.29) is 11.8 Å². The van der Waals surface area contributed by atoms with Gasteiger partial charge in [-0.2, -0.15) is 5.26 Å². The summed E-state index contributed by atoms with van der Waals surface area (Å²) in [6.07, 6.45) is 1.92. The van der Waals surface area contributed by atoms with Gasteiger partial charge in [0.1, 0.15) is 21.8 Å². The van der Waals surface area contributed by atoms with Crippen LogP contribution in [0.4, 0.5) is 5.00 Å². The zero-order valence-corrected chi connectivity index (χ0v) is 16.9. The van der Waals surface area contributed by atoms with Gasteiger partial charge in [0.05, 0.1) is 5.57 Å². The van der Waals surface area contributed by atoms with Gasteiger partial charge in [-0.05, 0) is 12.5 Å². The number of aromatic nitrogens is 1. The van der Waals surface area contributed by atoms with Crippen molar-refractivity contribution in [2.45, 2.75) is 26.7 Å². The molecule has 0 unspecified atom stereocenters. The Labute approximate surface area is 169 Å². The third-order valence-electron chi connectivity index (χ3n) is 4.33. The van der Waals surface area contributed by atoms with Gasteiger partial charge in [0.15, 0.2) is 0 Å². The SMILES string of the molecule is CC(=O)Nc1sc(/C(C#N)=C/[C@@H](C)c2ccccc2)nc1-c1ccc(C)cc1. The number of hydrogen-bond donors (Lipinski definition) is 1. The fourth-order valence-corrected chi connectivity index (χ4v) is 3.86. The molecule has 0 aliphatic rings. The number of anilines is 1. The Balaban J connectivity index is 2.02. The van der Waals surface area contributed by atoms with E-state index < -0.39 is 0 Å². The molecule has 2 aromatic carbocycles. The number of hydrogen-bond acceptors (Lipinski definition) is 4. The molecule has 0 radical (unpaired) electrons. The van der Waals surface area contributed by atoms with Crippen LogP contribution < -0.4 is 5.32 Å². The Morgan fingerprint density at radius 1 is 1.18 bits per heavy atom. The largest absolute Gasteiger partial charge is 0.316 e. The lowest BCUT2D eigenvalue weighted by Crippen LogP contribution is -2.05. The molecule has 140 valence electrons. The van der Waals surface area contributed by atoms with Crippen molar-refractivity contribution in [2.75, 3.05) is 5.32 Å². The van der Waals surface area contributed by atoms with Gasteiger partial charge in [-0.25, -0.2) is 4.98 Å². The van der Waals surface area contributed by atoms with Gasteiger partial charge < -0.3 is 5.32 Å². The maximum Gasteiger partial charge on any atom is 0.221 e. The second kappa shape index (κ2) is 8.64. The van der Waals surface area contributed by atoms with E-state index in [2.05, 4.69) is 18.3 Å². The first-order valence-corrected chi connectivity index (χ1v) is 9.82. The first-order chi connectivity index (χ1) is 13.5. The summed E-state index contributed by atoms with van der Waals surface area (Å²) in [7, 11) is 0. The number of carbonyl (C=O) groups excluding carboxylic acids is 1. The molecule has 1 heterocycles. The van der Waals surface area contributed by atoms with Crippen molar-refractivity contribution in [3.8, 4) is 17.3 Å². The van der Waals surface area contributed by atoms with Gasteiger partial charge >= 0.3 is 0 Å². The number of aryl methyl sites for hydroxylation is 1. The molecular formula is C23H21N3OS. The molecule has 0 spiro atoms.